The van der Waals surface area contributed by atoms with Gasteiger partial charge >= 0.3 is 0 Å². The van der Waals surface area contributed by atoms with E-state index in [2.05, 4.69) is 5.92 Å². The highest BCUT2D eigenvalue weighted by atomic mass is 16.5. The molecular weight excluding hydrogens is 188 g/mol. The van der Waals surface area contributed by atoms with E-state index in [0.717, 1.165) is 11.3 Å². The van der Waals surface area contributed by atoms with E-state index in [-0.39, 0.29) is 11.7 Å². The molecule has 1 atom stereocenters. The van der Waals surface area contributed by atoms with E-state index in [1.54, 1.807) is 0 Å². The van der Waals surface area contributed by atoms with E-state index < -0.39 is 0 Å². The molecule has 1 unspecified atom stereocenters. The van der Waals surface area contributed by atoms with Crippen LogP contribution in [0.2, 0.25) is 0 Å². The summed E-state index contributed by atoms with van der Waals surface area (Å²) in [5.41, 5.74) is 1.000. The normalized spacial score (nSPS) is 17.7. The first-order chi connectivity index (χ1) is 7.33. The summed E-state index contributed by atoms with van der Waals surface area (Å²) in [5.74, 6) is 3.38. The Labute approximate surface area is 89.3 Å². The molecule has 1 aromatic carbocycles. The Morgan fingerprint density at radius 3 is 3.13 bits per heavy atom. The van der Waals surface area contributed by atoms with E-state index in [9.17, 15) is 4.79 Å². The molecule has 2 rings (SSSR count). The van der Waals surface area contributed by atoms with Gasteiger partial charge in [0.05, 0.1) is 5.92 Å². The molecule has 0 N–H and O–H groups in total. The number of fused-ring (bicyclic) bond motifs is 1. The predicted molar refractivity (Wildman–Crippen MR) is 57.8 cm³/mol. The first-order valence-electron chi connectivity index (χ1n) is 5.01. The molecular formula is C13H12O2. The lowest BCUT2D eigenvalue weighted by molar-refractivity contribution is -0.120. The molecule has 0 aliphatic carbocycles. The molecule has 0 saturated carbocycles. The summed E-state index contributed by atoms with van der Waals surface area (Å²) in [6.07, 6.45) is 6.09. The van der Waals surface area contributed by atoms with Crippen LogP contribution in [-0.2, 0) is 4.79 Å². The van der Waals surface area contributed by atoms with Gasteiger partial charge in [-0.3, -0.25) is 4.79 Å². The number of para-hydroxylation sites is 1. The molecule has 15 heavy (non-hydrogen) atoms. The number of hydrogen-bond acceptors (Lipinski definition) is 2. The van der Waals surface area contributed by atoms with Gasteiger partial charge in [-0.1, -0.05) is 18.2 Å². The maximum Gasteiger partial charge on any atom is 0.144 e. The van der Waals surface area contributed by atoms with Crippen LogP contribution in [0.15, 0.2) is 24.3 Å². The van der Waals surface area contributed by atoms with Crippen molar-refractivity contribution >= 4 is 5.78 Å². The smallest absolute Gasteiger partial charge is 0.144 e. The Kier molecular flexibility index (Phi) is 2.73. The van der Waals surface area contributed by atoms with Crippen LogP contribution in [0, 0.1) is 12.3 Å². The van der Waals surface area contributed by atoms with Crippen molar-refractivity contribution in [3.8, 4) is 18.1 Å². The van der Waals surface area contributed by atoms with E-state index in [0.29, 0.717) is 19.4 Å². The minimum Gasteiger partial charge on any atom is -0.492 e. The molecule has 0 aromatic heterocycles. The van der Waals surface area contributed by atoms with Crippen molar-refractivity contribution in [2.45, 2.75) is 18.8 Å². The van der Waals surface area contributed by atoms with Crippen LogP contribution in [0.5, 0.6) is 5.75 Å². The van der Waals surface area contributed by atoms with E-state index in [4.69, 9.17) is 11.2 Å². The Morgan fingerprint density at radius 1 is 1.53 bits per heavy atom. The molecule has 0 fully saturated rings. The quantitative estimate of drug-likeness (QED) is 0.699. The molecule has 0 amide bonds. The zero-order valence-corrected chi connectivity index (χ0v) is 8.40. The van der Waals surface area contributed by atoms with Crippen molar-refractivity contribution in [2.75, 3.05) is 6.61 Å². The summed E-state index contributed by atoms with van der Waals surface area (Å²) in [4.78, 5) is 11.8. The molecule has 0 bridgehead atoms. The molecule has 0 spiro atoms. The van der Waals surface area contributed by atoms with Crippen molar-refractivity contribution in [3.63, 3.8) is 0 Å². The second kappa shape index (κ2) is 4.18. The molecule has 0 radical (unpaired) electrons. The van der Waals surface area contributed by atoms with Crippen LogP contribution in [0.25, 0.3) is 0 Å². The molecule has 76 valence electrons. The number of ketones is 1. The van der Waals surface area contributed by atoms with Crippen LogP contribution < -0.4 is 4.74 Å². The van der Waals surface area contributed by atoms with Crippen molar-refractivity contribution in [3.05, 3.63) is 29.8 Å². The highest BCUT2D eigenvalue weighted by Gasteiger charge is 2.28. The van der Waals surface area contributed by atoms with Crippen molar-refractivity contribution in [2.24, 2.45) is 0 Å². The van der Waals surface area contributed by atoms with E-state index >= 15 is 0 Å². The Balaban J connectivity index is 2.14. The highest BCUT2D eigenvalue weighted by molar-refractivity contribution is 5.87. The Bertz CT molecular complexity index is 415. The summed E-state index contributed by atoms with van der Waals surface area (Å²) in [6.45, 7) is 0.461. The van der Waals surface area contributed by atoms with Gasteiger partial charge in [0.25, 0.3) is 0 Å². The van der Waals surface area contributed by atoms with Gasteiger partial charge in [-0.2, -0.15) is 0 Å². The van der Waals surface area contributed by atoms with E-state index in [1.165, 1.54) is 0 Å². The lowest BCUT2D eigenvalue weighted by Gasteiger charge is -2.05. The van der Waals surface area contributed by atoms with Gasteiger partial charge in [0.1, 0.15) is 18.1 Å². The first-order valence-corrected chi connectivity index (χ1v) is 5.01. The van der Waals surface area contributed by atoms with Crippen molar-refractivity contribution in [1.82, 2.24) is 0 Å². The first kappa shape index (κ1) is 9.79. The number of ether oxygens (including phenoxy) is 1. The molecule has 1 aliphatic heterocycles. The predicted octanol–water partition coefficient (Wildman–Crippen LogP) is 2.15. The third-order valence-electron chi connectivity index (χ3n) is 2.60. The maximum atomic E-state index is 11.8. The van der Waals surface area contributed by atoms with E-state index in [1.807, 2.05) is 24.3 Å². The van der Waals surface area contributed by atoms with Gasteiger partial charge in [0, 0.05) is 18.4 Å². The largest absolute Gasteiger partial charge is 0.492 e. The summed E-state index contributed by atoms with van der Waals surface area (Å²) < 4.78 is 5.44. The average molecular weight is 200 g/mol. The van der Waals surface area contributed by atoms with Gasteiger partial charge in [-0.25, -0.2) is 0 Å². The molecule has 2 heteroatoms. The number of terminal acetylenes is 1. The molecule has 1 aliphatic rings. The molecule has 0 saturated heterocycles. The Morgan fingerprint density at radius 2 is 2.33 bits per heavy atom. The van der Waals surface area contributed by atoms with Crippen molar-refractivity contribution < 1.29 is 9.53 Å². The van der Waals surface area contributed by atoms with Crippen LogP contribution >= 0.6 is 0 Å². The number of carbonyl (C=O) groups is 1. The Hall–Kier alpha value is -1.75. The van der Waals surface area contributed by atoms with Crippen LogP contribution in [-0.4, -0.2) is 12.4 Å². The third kappa shape index (κ3) is 1.87. The maximum absolute atomic E-state index is 11.8. The number of rotatable bonds is 3. The van der Waals surface area contributed by atoms with Gasteiger partial charge in [0.2, 0.25) is 0 Å². The lowest BCUT2D eigenvalue weighted by Crippen LogP contribution is -2.13. The summed E-state index contributed by atoms with van der Waals surface area (Å²) in [5, 5.41) is 0. The minimum absolute atomic E-state index is 0.116. The molecule has 2 nitrogen and oxygen atoms in total. The van der Waals surface area contributed by atoms with Crippen LogP contribution in [0.1, 0.15) is 24.3 Å². The second-order valence-corrected chi connectivity index (χ2v) is 3.57. The van der Waals surface area contributed by atoms with Crippen molar-refractivity contribution in [1.29, 1.82) is 0 Å². The lowest BCUT2D eigenvalue weighted by atomic mass is 9.94. The zero-order chi connectivity index (χ0) is 10.7. The van der Waals surface area contributed by atoms with Crippen LogP contribution in [0.4, 0.5) is 0 Å². The fourth-order valence-electron chi connectivity index (χ4n) is 1.80. The molecule has 1 heterocycles. The fraction of sp³-hybridized carbons (Fsp3) is 0.308. The van der Waals surface area contributed by atoms with Gasteiger partial charge in [0.15, 0.2) is 0 Å². The summed E-state index contributed by atoms with van der Waals surface area (Å²) >= 11 is 0. The molecule has 1 aromatic rings. The summed E-state index contributed by atoms with van der Waals surface area (Å²) in [7, 11) is 0. The average Bonchev–Trinajstić information content (AvgIpc) is 2.69. The number of hydrogen-bond donors (Lipinski definition) is 0. The topological polar surface area (TPSA) is 26.3 Å². The van der Waals surface area contributed by atoms with Crippen LogP contribution in [0.3, 0.4) is 0 Å². The fourth-order valence-corrected chi connectivity index (χ4v) is 1.80. The SMILES string of the molecule is C#CCCC(=O)C1COc2ccccc21. The second-order valence-electron chi connectivity index (χ2n) is 3.57. The van der Waals surface area contributed by atoms with Gasteiger partial charge in [-0.15, -0.1) is 12.3 Å². The minimum atomic E-state index is -0.116. The summed E-state index contributed by atoms with van der Waals surface area (Å²) in [6, 6.07) is 7.67. The number of Topliss-reactive ketones (excluding diaryl/α,β-unsaturated/α-hetero) is 1. The standard InChI is InChI=1S/C13H12O2/c1-2-3-7-12(14)11-9-15-13-8-5-4-6-10(11)13/h1,4-6,8,11H,3,7,9H2. The van der Waals surface area contributed by atoms with Gasteiger partial charge < -0.3 is 4.74 Å². The monoisotopic (exact) mass is 200 g/mol. The highest BCUT2D eigenvalue weighted by Crippen LogP contribution is 2.34. The third-order valence-corrected chi connectivity index (χ3v) is 2.60. The van der Waals surface area contributed by atoms with Gasteiger partial charge in [-0.05, 0) is 6.07 Å². The zero-order valence-electron chi connectivity index (χ0n) is 8.40. The number of benzene rings is 1. The number of carbonyl (C=O) groups excluding carboxylic acids is 1.